The molecule has 0 amide bonds. The maximum atomic E-state index is 12.8. The number of allylic oxidation sites excluding steroid dienone is 1. The first kappa shape index (κ1) is 17.1. The van der Waals surface area contributed by atoms with Crippen molar-refractivity contribution in [3.63, 3.8) is 0 Å². The fourth-order valence-electron chi connectivity index (χ4n) is 3.95. The van der Waals surface area contributed by atoms with Gasteiger partial charge in [-0.15, -0.1) is 0 Å². The fraction of sp³-hybridized carbons (Fsp3) is 0.318. The van der Waals surface area contributed by atoms with Crippen LogP contribution >= 0.6 is 0 Å². The topological polar surface area (TPSA) is 68.2 Å². The van der Waals surface area contributed by atoms with Crippen LogP contribution in [0.1, 0.15) is 40.7 Å². The van der Waals surface area contributed by atoms with E-state index in [-0.39, 0.29) is 24.1 Å². The van der Waals surface area contributed by atoms with Crippen molar-refractivity contribution in [3.8, 4) is 23.0 Å². The Kier molecular flexibility index (Phi) is 4.20. The summed E-state index contributed by atoms with van der Waals surface area (Å²) in [5, 5.41) is 10.4. The molecule has 0 bridgehead atoms. The average Bonchev–Trinajstić information content (AvgIpc) is 3.30. The molecule has 0 spiro atoms. The van der Waals surface area contributed by atoms with Crippen LogP contribution in [0.2, 0.25) is 0 Å². The molecule has 5 rings (SSSR count). The minimum absolute atomic E-state index is 0.168. The molecule has 0 aliphatic carbocycles. The van der Waals surface area contributed by atoms with Crippen molar-refractivity contribution in [2.75, 3.05) is 19.9 Å². The van der Waals surface area contributed by atoms with Gasteiger partial charge in [0.05, 0.1) is 11.1 Å². The molecule has 0 saturated carbocycles. The van der Waals surface area contributed by atoms with E-state index in [0.717, 1.165) is 31.5 Å². The predicted octanol–water partition coefficient (Wildman–Crippen LogP) is 3.72. The van der Waals surface area contributed by atoms with Crippen molar-refractivity contribution in [1.82, 2.24) is 4.90 Å². The lowest BCUT2D eigenvalue weighted by molar-refractivity contribution is 0.101. The second-order valence-corrected chi connectivity index (χ2v) is 7.33. The molecule has 1 fully saturated rings. The first-order valence-corrected chi connectivity index (χ1v) is 9.60. The molecule has 2 aromatic rings. The van der Waals surface area contributed by atoms with Gasteiger partial charge in [0.25, 0.3) is 0 Å². The number of Topliss-reactive ketones (excluding diaryl/α,β-unsaturated/α-hetero) is 1. The van der Waals surface area contributed by atoms with Gasteiger partial charge in [-0.3, -0.25) is 9.69 Å². The van der Waals surface area contributed by atoms with Crippen molar-refractivity contribution >= 4 is 11.9 Å². The standard InChI is InChI=1S/C22H21NO5/c24-17-6-5-15-21(25)20(11-14-4-7-18-19(10-14)27-13-26-18)28-22(15)16(17)12-23-8-2-1-3-9-23/h4-7,10-11,24H,1-3,8-9,12-13H2/b20-11+. The molecule has 0 atom stereocenters. The Labute approximate surface area is 162 Å². The minimum atomic E-state index is -0.174. The highest BCUT2D eigenvalue weighted by atomic mass is 16.7. The number of nitrogens with zero attached hydrogens (tertiary/aromatic N) is 1. The van der Waals surface area contributed by atoms with Crippen LogP contribution in [0.3, 0.4) is 0 Å². The number of hydrogen-bond acceptors (Lipinski definition) is 6. The molecule has 3 aliphatic heterocycles. The number of carbonyl (C=O) groups is 1. The number of hydrogen-bond donors (Lipinski definition) is 1. The lowest BCUT2D eigenvalue weighted by Crippen LogP contribution is -2.29. The van der Waals surface area contributed by atoms with Gasteiger partial charge in [-0.25, -0.2) is 0 Å². The number of likely N-dealkylation sites (tertiary alicyclic amines) is 1. The summed E-state index contributed by atoms with van der Waals surface area (Å²) in [6, 6.07) is 8.71. The summed E-state index contributed by atoms with van der Waals surface area (Å²) in [5.41, 5.74) is 1.97. The van der Waals surface area contributed by atoms with E-state index in [1.54, 1.807) is 18.2 Å². The number of piperidine rings is 1. The monoisotopic (exact) mass is 379 g/mol. The van der Waals surface area contributed by atoms with Crippen molar-refractivity contribution < 1.29 is 24.1 Å². The molecule has 1 saturated heterocycles. The smallest absolute Gasteiger partial charge is 0.231 e. The predicted molar refractivity (Wildman–Crippen MR) is 103 cm³/mol. The first-order valence-electron chi connectivity index (χ1n) is 9.60. The molecule has 28 heavy (non-hydrogen) atoms. The SMILES string of the molecule is O=C1/C(=C\c2ccc3c(c2)OCO3)Oc2c1ccc(O)c2CN1CCCCC1. The Bertz CT molecular complexity index is 975. The molecule has 3 heterocycles. The normalized spacial score (nSPS) is 19.7. The highest BCUT2D eigenvalue weighted by molar-refractivity contribution is 6.15. The van der Waals surface area contributed by atoms with Gasteiger partial charge in [-0.05, 0) is 61.8 Å². The van der Waals surface area contributed by atoms with Crippen LogP contribution in [0.4, 0.5) is 0 Å². The van der Waals surface area contributed by atoms with E-state index in [0.29, 0.717) is 34.9 Å². The van der Waals surface area contributed by atoms with E-state index in [4.69, 9.17) is 14.2 Å². The van der Waals surface area contributed by atoms with E-state index >= 15 is 0 Å². The zero-order chi connectivity index (χ0) is 19.1. The van der Waals surface area contributed by atoms with Crippen LogP contribution < -0.4 is 14.2 Å². The molecule has 6 heteroatoms. The Morgan fingerprint density at radius 1 is 1.04 bits per heavy atom. The van der Waals surface area contributed by atoms with Gasteiger partial charge in [0.15, 0.2) is 17.3 Å². The summed E-state index contributed by atoms with van der Waals surface area (Å²) < 4.78 is 16.7. The number of ether oxygens (including phenoxy) is 3. The number of rotatable bonds is 3. The van der Waals surface area contributed by atoms with E-state index in [1.165, 1.54) is 6.42 Å². The van der Waals surface area contributed by atoms with Crippen LogP contribution in [0.15, 0.2) is 36.1 Å². The Hall–Kier alpha value is -2.99. The third kappa shape index (κ3) is 2.99. The quantitative estimate of drug-likeness (QED) is 0.820. The number of benzene rings is 2. The Morgan fingerprint density at radius 3 is 2.71 bits per heavy atom. The summed E-state index contributed by atoms with van der Waals surface area (Å²) >= 11 is 0. The largest absolute Gasteiger partial charge is 0.507 e. The van der Waals surface area contributed by atoms with Crippen LogP contribution in [0, 0.1) is 0 Å². The van der Waals surface area contributed by atoms with E-state index in [1.807, 2.05) is 18.2 Å². The zero-order valence-corrected chi connectivity index (χ0v) is 15.4. The van der Waals surface area contributed by atoms with Crippen molar-refractivity contribution in [1.29, 1.82) is 0 Å². The molecule has 1 N–H and O–H groups in total. The Balaban J connectivity index is 1.45. The van der Waals surface area contributed by atoms with Gasteiger partial charge in [0, 0.05) is 6.54 Å². The Morgan fingerprint density at radius 2 is 1.86 bits per heavy atom. The van der Waals surface area contributed by atoms with Gasteiger partial charge in [-0.1, -0.05) is 12.5 Å². The third-order valence-corrected chi connectivity index (χ3v) is 5.44. The van der Waals surface area contributed by atoms with Crippen LogP contribution in [0.5, 0.6) is 23.0 Å². The van der Waals surface area contributed by atoms with Gasteiger partial charge in [-0.2, -0.15) is 0 Å². The van der Waals surface area contributed by atoms with Gasteiger partial charge in [0.1, 0.15) is 11.5 Å². The third-order valence-electron chi connectivity index (χ3n) is 5.44. The molecule has 3 aliphatic rings. The van der Waals surface area contributed by atoms with Gasteiger partial charge < -0.3 is 19.3 Å². The molecular weight excluding hydrogens is 358 g/mol. The number of fused-ring (bicyclic) bond motifs is 2. The molecular formula is C22H21NO5. The van der Waals surface area contributed by atoms with Crippen LogP contribution in [-0.4, -0.2) is 35.7 Å². The van der Waals surface area contributed by atoms with Crippen molar-refractivity contribution in [2.24, 2.45) is 0 Å². The summed E-state index contributed by atoms with van der Waals surface area (Å²) in [6.07, 6.45) is 5.26. The summed E-state index contributed by atoms with van der Waals surface area (Å²) in [7, 11) is 0. The molecule has 2 aromatic carbocycles. The van der Waals surface area contributed by atoms with Crippen molar-refractivity contribution in [2.45, 2.75) is 25.8 Å². The maximum Gasteiger partial charge on any atom is 0.231 e. The van der Waals surface area contributed by atoms with Crippen LogP contribution in [-0.2, 0) is 6.54 Å². The zero-order valence-electron chi connectivity index (χ0n) is 15.4. The minimum Gasteiger partial charge on any atom is -0.507 e. The lowest BCUT2D eigenvalue weighted by atomic mass is 10.0. The number of ketones is 1. The van der Waals surface area contributed by atoms with Gasteiger partial charge in [0.2, 0.25) is 12.6 Å². The fourth-order valence-corrected chi connectivity index (χ4v) is 3.95. The average molecular weight is 379 g/mol. The van der Waals surface area contributed by atoms with E-state index < -0.39 is 0 Å². The lowest BCUT2D eigenvalue weighted by Gasteiger charge is -2.27. The van der Waals surface area contributed by atoms with Gasteiger partial charge >= 0.3 is 0 Å². The number of phenols is 1. The first-order chi connectivity index (χ1) is 13.7. The summed E-state index contributed by atoms with van der Waals surface area (Å²) in [6.45, 7) is 2.78. The highest BCUT2D eigenvalue weighted by Gasteiger charge is 2.32. The molecule has 0 radical (unpaired) electrons. The maximum absolute atomic E-state index is 12.8. The van der Waals surface area contributed by atoms with Crippen LogP contribution in [0.25, 0.3) is 6.08 Å². The number of carbonyl (C=O) groups excluding carboxylic acids is 1. The molecule has 0 unspecified atom stereocenters. The molecule has 144 valence electrons. The second kappa shape index (κ2) is 6.87. The van der Waals surface area contributed by atoms with Crippen molar-refractivity contribution in [3.05, 3.63) is 52.8 Å². The highest BCUT2D eigenvalue weighted by Crippen LogP contribution is 2.41. The van der Waals surface area contributed by atoms with E-state index in [9.17, 15) is 9.90 Å². The summed E-state index contributed by atoms with van der Waals surface area (Å²) in [4.78, 5) is 15.1. The number of phenolic OH excluding ortho intramolecular Hbond substituents is 1. The summed E-state index contributed by atoms with van der Waals surface area (Å²) in [5.74, 6) is 2.06. The number of aromatic hydroxyl groups is 1. The van der Waals surface area contributed by atoms with E-state index in [2.05, 4.69) is 4.90 Å². The molecule has 6 nitrogen and oxygen atoms in total. The second-order valence-electron chi connectivity index (χ2n) is 7.33. The molecule has 0 aromatic heterocycles.